The Hall–Kier alpha value is -1.49. The Bertz CT molecular complexity index is 511. The average molecular weight is 294 g/mol. The summed E-state index contributed by atoms with van der Waals surface area (Å²) in [7, 11) is 0. The van der Waals surface area contributed by atoms with E-state index >= 15 is 0 Å². The normalized spacial score (nSPS) is 21.0. The first-order valence-corrected chi connectivity index (χ1v) is 7.51. The molecule has 0 aliphatic carbocycles. The lowest BCUT2D eigenvalue weighted by Gasteiger charge is -2.39. The second-order valence-electron chi connectivity index (χ2n) is 6.18. The van der Waals surface area contributed by atoms with Gasteiger partial charge in [0.05, 0.1) is 6.42 Å². The van der Waals surface area contributed by atoms with Gasteiger partial charge in [-0.15, -0.1) is 0 Å². The first-order valence-electron chi connectivity index (χ1n) is 7.51. The number of piperidine rings is 1. The molecule has 0 bridgehead atoms. The predicted octanol–water partition coefficient (Wildman–Crippen LogP) is 2.11. The lowest BCUT2D eigenvalue weighted by Crippen LogP contribution is -2.44. The van der Waals surface area contributed by atoms with E-state index in [2.05, 4.69) is 5.32 Å². The number of hydrogen-bond acceptors (Lipinski definition) is 2. The molecule has 0 saturated carbocycles. The Morgan fingerprint density at radius 2 is 1.86 bits per heavy atom. The lowest BCUT2D eigenvalue weighted by atomic mass is 9.78. The van der Waals surface area contributed by atoms with Gasteiger partial charge in [0.2, 0.25) is 5.91 Å². The van der Waals surface area contributed by atoms with Crippen LogP contribution in [0, 0.1) is 17.0 Å². The average Bonchev–Trinajstić information content (AvgIpc) is 2.92. The van der Waals surface area contributed by atoms with Crippen LogP contribution in [-0.2, 0) is 11.2 Å². The molecule has 2 heterocycles. The van der Waals surface area contributed by atoms with Gasteiger partial charge in [-0.2, -0.15) is 0 Å². The van der Waals surface area contributed by atoms with Gasteiger partial charge in [-0.1, -0.05) is 6.07 Å². The van der Waals surface area contributed by atoms with Crippen molar-refractivity contribution in [2.24, 2.45) is 5.41 Å². The van der Waals surface area contributed by atoms with Crippen LogP contribution < -0.4 is 5.32 Å². The first kappa shape index (κ1) is 14.4. The van der Waals surface area contributed by atoms with E-state index in [4.69, 9.17) is 0 Å². The van der Waals surface area contributed by atoms with Gasteiger partial charge >= 0.3 is 0 Å². The number of nitrogens with one attached hydrogen (secondary N) is 1. The number of likely N-dealkylation sites (tertiary alicyclic amines) is 1. The van der Waals surface area contributed by atoms with Crippen molar-refractivity contribution in [1.82, 2.24) is 10.2 Å². The Morgan fingerprint density at radius 3 is 2.43 bits per heavy atom. The molecule has 3 nitrogen and oxygen atoms in total. The van der Waals surface area contributed by atoms with E-state index in [0.29, 0.717) is 18.5 Å². The Kier molecular flexibility index (Phi) is 3.93. The van der Waals surface area contributed by atoms with E-state index in [9.17, 15) is 13.6 Å². The molecule has 1 amide bonds. The van der Waals surface area contributed by atoms with Gasteiger partial charge in [-0.05, 0) is 43.4 Å². The second kappa shape index (κ2) is 5.72. The van der Waals surface area contributed by atoms with Gasteiger partial charge in [-0.3, -0.25) is 4.79 Å². The molecule has 0 radical (unpaired) electrons. The van der Waals surface area contributed by atoms with Gasteiger partial charge in [-0.25, -0.2) is 8.78 Å². The van der Waals surface area contributed by atoms with Crippen molar-refractivity contribution < 1.29 is 13.6 Å². The minimum absolute atomic E-state index is 0.120. The lowest BCUT2D eigenvalue weighted by molar-refractivity contribution is -0.132. The molecule has 2 aliphatic rings. The molecule has 21 heavy (non-hydrogen) atoms. The van der Waals surface area contributed by atoms with Crippen molar-refractivity contribution >= 4 is 5.91 Å². The largest absolute Gasteiger partial charge is 0.342 e. The number of amides is 1. The van der Waals surface area contributed by atoms with Crippen molar-refractivity contribution in [3.8, 4) is 0 Å². The Balaban J connectivity index is 1.62. The quantitative estimate of drug-likeness (QED) is 0.906. The molecule has 114 valence electrons. The number of hydrogen-bond donors (Lipinski definition) is 1. The minimum Gasteiger partial charge on any atom is -0.342 e. The molecule has 0 atom stereocenters. The maximum Gasteiger partial charge on any atom is 0.227 e. The maximum absolute atomic E-state index is 13.6. The summed E-state index contributed by atoms with van der Waals surface area (Å²) in [6.45, 7) is 3.46. The topological polar surface area (TPSA) is 32.3 Å². The zero-order valence-corrected chi connectivity index (χ0v) is 12.0. The third kappa shape index (κ3) is 2.93. The van der Waals surface area contributed by atoms with Crippen LogP contribution in [0.5, 0.6) is 0 Å². The van der Waals surface area contributed by atoms with Crippen molar-refractivity contribution in [2.45, 2.75) is 25.7 Å². The van der Waals surface area contributed by atoms with E-state index < -0.39 is 11.6 Å². The van der Waals surface area contributed by atoms with Gasteiger partial charge in [0.1, 0.15) is 11.6 Å². The number of nitrogens with zero attached hydrogens (tertiary/aromatic N) is 1. The summed E-state index contributed by atoms with van der Waals surface area (Å²) in [6.07, 6.45) is 2.93. The molecule has 1 N–H and O–H groups in total. The zero-order chi connectivity index (χ0) is 14.9. The summed E-state index contributed by atoms with van der Waals surface area (Å²) in [6, 6.07) is 3.71. The highest BCUT2D eigenvalue weighted by Crippen LogP contribution is 2.37. The molecular weight excluding hydrogens is 274 g/mol. The van der Waals surface area contributed by atoms with Crippen LogP contribution in [0.1, 0.15) is 24.8 Å². The molecule has 2 fully saturated rings. The van der Waals surface area contributed by atoms with Crippen LogP contribution in [0.25, 0.3) is 0 Å². The summed E-state index contributed by atoms with van der Waals surface area (Å²) in [5.41, 5.74) is 0.213. The van der Waals surface area contributed by atoms with Gasteiger partial charge in [0.15, 0.2) is 0 Å². The smallest absolute Gasteiger partial charge is 0.227 e. The maximum atomic E-state index is 13.6. The van der Waals surface area contributed by atoms with E-state index in [0.717, 1.165) is 32.4 Å². The highest BCUT2D eigenvalue weighted by Gasteiger charge is 2.38. The number of halogens is 2. The van der Waals surface area contributed by atoms with Gasteiger partial charge in [0.25, 0.3) is 0 Å². The number of carbonyl (C=O) groups is 1. The van der Waals surface area contributed by atoms with Crippen LogP contribution in [0.2, 0.25) is 0 Å². The van der Waals surface area contributed by atoms with Gasteiger partial charge < -0.3 is 10.2 Å². The molecule has 0 unspecified atom stereocenters. The fourth-order valence-electron chi connectivity index (χ4n) is 3.42. The summed E-state index contributed by atoms with van der Waals surface area (Å²) in [4.78, 5) is 14.0. The zero-order valence-electron chi connectivity index (χ0n) is 12.0. The monoisotopic (exact) mass is 294 g/mol. The summed E-state index contributed by atoms with van der Waals surface area (Å²) in [5.74, 6) is -1.46. The molecule has 3 rings (SSSR count). The summed E-state index contributed by atoms with van der Waals surface area (Å²) >= 11 is 0. The van der Waals surface area contributed by atoms with Crippen LogP contribution in [-0.4, -0.2) is 37.0 Å². The third-order valence-corrected chi connectivity index (χ3v) is 4.90. The molecular formula is C16H20F2N2O. The van der Waals surface area contributed by atoms with Crippen LogP contribution in [0.4, 0.5) is 8.78 Å². The van der Waals surface area contributed by atoms with Crippen LogP contribution in [0.3, 0.4) is 0 Å². The number of rotatable bonds is 2. The molecule has 5 heteroatoms. The number of benzene rings is 1. The van der Waals surface area contributed by atoms with Crippen molar-refractivity contribution in [3.05, 3.63) is 35.4 Å². The molecule has 1 aromatic rings. The highest BCUT2D eigenvalue weighted by atomic mass is 19.1. The minimum atomic E-state index is -0.642. The van der Waals surface area contributed by atoms with Crippen molar-refractivity contribution in [2.75, 3.05) is 26.2 Å². The predicted molar refractivity (Wildman–Crippen MR) is 75.8 cm³/mol. The van der Waals surface area contributed by atoms with E-state index in [1.165, 1.54) is 18.2 Å². The van der Waals surface area contributed by atoms with Crippen molar-refractivity contribution in [3.63, 3.8) is 0 Å². The molecule has 0 aromatic heterocycles. The van der Waals surface area contributed by atoms with Crippen molar-refractivity contribution in [1.29, 1.82) is 0 Å². The van der Waals surface area contributed by atoms with Crippen LogP contribution >= 0.6 is 0 Å². The highest BCUT2D eigenvalue weighted by molar-refractivity contribution is 5.79. The van der Waals surface area contributed by atoms with Gasteiger partial charge in [0, 0.05) is 25.2 Å². The standard InChI is InChI=1S/C16H20F2N2O/c17-13-2-1-3-14(18)12(13)10-15(21)20-8-5-16(6-9-20)4-7-19-11-16/h1-3,19H,4-11H2. The first-order chi connectivity index (χ1) is 10.1. The van der Waals surface area contributed by atoms with Crippen LogP contribution in [0.15, 0.2) is 18.2 Å². The fourth-order valence-corrected chi connectivity index (χ4v) is 3.42. The van der Waals surface area contributed by atoms with E-state index in [1.54, 1.807) is 4.90 Å². The number of carbonyl (C=O) groups excluding carboxylic acids is 1. The fraction of sp³-hybridized carbons (Fsp3) is 0.562. The molecule has 1 spiro atoms. The molecule has 1 aromatic carbocycles. The van der Waals surface area contributed by atoms with E-state index in [1.807, 2.05) is 0 Å². The summed E-state index contributed by atoms with van der Waals surface area (Å²) in [5, 5.41) is 3.38. The Morgan fingerprint density at radius 1 is 1.19 bits per heavy atom. The Labute approximate surface area is 123 Å². The third-order valence-electron chi connectivity index (χ3n) is 4.90. The SMILES string of the molecule is O=C(Cc1c(F)cccc1F)N1CCC2(CCNC2)CC1. The summed E-state index contributed by atoms with van der Waals surface area (Å²) < 4.78 is 27.2. The molecule has 2 aliphatic heterocycles. The molecule has 2 saturated heterocycles. The second-order valence-corrected chi connectivity index (χ2v) is 6.18. The van der Waals surface area contributed by atoms with E-state index in [-0.39, 0.29) is 17.9 Å².